The monoisotopic (exact) mass is 224 g/mol. The lowest BCUT2D eigenvalue weighted by atomic mass is 9.98. The molecule has 1 nitrogen and oxygen atoms in total. The molecule has 0 radical (unpaired) electrons. The first-order chi connectivity index (χ1) is 7.16. The van der Waals surface area contributed by atoms with Crippen molar-refractivity contribution in [2.45, 2.75) is 39.5 Å². The molecule has 2 heteroatoms. The zero-order valence-electron chi connectivity index (χ0n) is 9.35. The highest BCUT2D eigenvalue weighted by molar-refractivity contribution is 6.67. The Labute approximate surface area is 96.5 Å². The largest absolute Gasteiger partial charge is 0.276 e. The summed E-state index contributed by atoms with van der Waals surface area (Å²) >= 11 is 5.50. The molecule has 0 atom stereocenters. The van der Waals surface area contributed by atoms with Crippen molar-refractivity contribution in [1.29, 1.82) is 0 Å². The van der Waals surface area contributed by atoms with Crippen LogP contribution in [0, 0.1) is 6.92 Å². The summed E-state index contributed by atoms with van der Waals surface area (Å²) in [5.41, 5.74) is 2.93. The number of hydrogen-bond acceptors (Lipinski definition) is 1. The number of rotatable bonds is 5. The van der Waals surface area contributed by atoms with Gasteiger partial charge in [-0.1, -0.05) is 31.9 Å². The van der Waals surface area contributed by atoms with Gasteiger partial charge in [0.15, 0.2) is 0 Å². The highest BCUT2D eigenvalue weighted by atomic mass is 35.5. The summed E-state index contributed by atoms with van der Waals surface area (Å²) in [6.45, 7) is 4.16. The number of benzene rings is 1. The molecule has 0 N–H and O–H groups in total. The lowest BCUT2D eigenvalue weighted by Gasteiger charge is -2.08. The summed E-state index contributed by atoms with van der Waals surface area (Å²) in [5, 5.41) is -0.357. The Morgan fingerprint density at radius 1 is 1.33 bits per heavy atom. The van der Waals surface area contributed by atoms with E-state index in [0.717, 1.165) is 12.0 Å². The van der Waals surface area contributed by atoms with Gasteiger partial charge in [0.05, 0.1) is 0 Å². The molecule has 0 bridgehead atoms. The molecule has 0 heterocycles. The van der Waals surface area contributed by atoms with E-state index in [-0.39, 0.29) is 5.24 Å². The van der Waals surface area contributed by atoms with E-state index in [9.17, 15) is 4.79 Å². The van der Waals surface area contributed by atoms with Crippen LogP contribution in [0.2, 0.25) is 0 Å². The van der Waals surface area contributed by atoms with Crippen molar-refractivity contribution in [3.63, 3.8) is 0 Å². The number of unbranched alkanes of at least 4 members (excludes halogenated alkanes) is 2. The van der Waals surface area contributed by atoms with Gasteiger partial charge in [-0.05, 0) is 48.6 Å². The normalized spacial score (nSPS) is 10.3. The van der Waals surface area contributed by atoms with E-state index in [1.165, 1.54) is 24.8 Å². The molecule has 15 heavy (non-hydrogen) atoms. The van der Waals surface area contributed by atoms with Crippen LogP contribution >= 0.6 is 11.6 Å². The molecule has 1 aromatic rings. The number of aryl methyl sites for hydroxylation is 1. The van der Waals surface area contributed by atoms with Gasteiger partial charge in [0.1, 0.15) is 0 Å². The first-order valence-corrected chi connectivity index (χ1v) is 5.83. The van der Waals surface area contributed by atoms with Crippen molar-refractivity contribution in [3.8, 4) is 0 Å². The molecular formula is C13H17ClO. The first-order valence-electron chi connectivity index (χ1n) is 5.45. The minimum absolute atomic E-state index is 0.357. The third kappa shape index (κ3) is 3.35. The van der Waals surface area contributed by atoms with Gasteiger partial charge in [0.2, 0.25) is 0 Å². The topological polar surface area (TPSA) is 17.1 Å². The maximum absolute atomic E-state index is 11.1. The van der Waals surface area contributed by atoms with E-state index >= 15 is 0 Å². The fourth-order valence-electron chi connectivity index (χ4n) is 1.73. The Kier molecular flexibility index (Phi) is 4.83. The van der Waals surface area contributed by atoms with Gasteiger partial charge >= 0.3 is 0 Å². The average molecular weight is 225 g/mol. The zero-order chi connectivity index (χ0) is 11.3. The lowest BCUT2D eigenvalue weighted by molar-refractivity contribution is 0.108. The fraction of sp³-hybridized carbons (Fsp3) is 0.462. The average Bonchev–Trinajstić information content (AvgIpc) is 2.20. The Morgan fingerprint density at radius 3 is 2.67 bits per heavy atom. The number of carbonyl (C=O) groups is 1. The molecule has 82 valence electrons. The number of carbonyl (C=O) groups excluding carboxylic acids is 1. The zero-order valence-corrected chi connectivity index (χ0v) is 10.1. The summed E-state index contributed by atoms with van der Waals surface area (Å²) in [5.74, 6) is 0. The SMILES string of the molecule is CCCCCc1cccc(C(=O)Cl)c1C. The van der Waals surface area contributed by atoms with E-state index in [1.54, 1.807) is 6.07 Å². The summed E-state index contributed by atoms with van der Waals surface area (Å²) in [7, 11) is 0. The lowest BCUT2D eigenvalue weighted by Crippen LogP contribution is -1.98. The smallest absolute Gasteiger partial charge is 0.252 e. The fourth-order valence-corrected chi connectivity index (χ4v) is 1.94. The van der Waals surface area contributed by atoms with Crippen LogP contribution < -0.4 is 0 Å². The van der Waals surface area contributed by atoms with Crippen molar-refractivity contribution in [2.75, 3.05) is 0 Å². The summed E-state index contributed by atoms with van der Waals surface area (Å²) in [4.78, 5) is 11.1. The molecule has 1 rings (SSSR count). The Morgan fingerprint density at radius 2 is 2.07 bits per heavy atom. The second kappa shape index (κ2) is 5.92. The molecule has 0 aliphatic heterocycles. The van der Waals surface area contributed by atoms with E-state index in [0.29, 0.717) is 5.56 Å². The van der Waals surface area contributed by atoms with Crippen molar-refractivity contribution < 1.29 is 4.79 Å². The number of halogens is 1. The third-order valence-corrected chi connectivity index (χ3v) is 2.91. The van der Waals surface area contributed by atoms with Gasteiger partial charge < -0.3 is 0 Å². The molecule has 0 saturated carbocycles. The van der Waals surface area contributed by atoms with Crippen LogP contribution in [0.15, 0.2) is 18.2 Å². The second-order valence-electron chi connectivity index (χ2n) is 3.82. The molecule has 0 saturated heterocycles. The molecule has 0 aromatic heterocycles. The van der Waals surface area contributed by atoms with Crippen molar-refractivity contribution in [3.05, 3.63) is 34.9 Å². The van der Waals surface area contributed by atoms with Gasteiger partial charge in [-0.2, -0.15) is 0 Å². The van der Waals surface area contributed by atoms with Gasteiger partial charge in [-0.25, -0.2) is 0 Å². The molecule has 0 amide bonds. The first kappa shape index (κ1) is 12.3. The van der Waals surface area contributed by atoms with Crippen LogP contribution in [-0.4, -0.2) is 5.24 Å². The van der Waals surface area contributed by atoms with Gasteiger partial charge in [0.25, 0.3) is 5.24 Å². The van der Waals surface area contributed by atoms with Crippen molar-refractivity contribution >= 4 is 16.8 Å². The summed E-state index contributed by atoms with van der Waals surface area (Å²) in [6.07, 6.45) is 4.67. The van der Waals surface area contributed by atoms with Gasteiger partial charge in [-0.3, -0.25) is 4.79 Å². The van der Waals surface area contributed by atoms with Crippen LogP contribution in [0.5, 0.6) is 0 Å². The van der Waals surface area contributed by atoms with Crippen LogP contribution in [0.1, 0.15) is 47.7 Å². The highest BCUT2D eigenvalue weighted by Gasteiger charge is 2.08. The second-order valence-corrected chi connectivity index (χ2v) is 4.16. The summed E-state index contributed by atoms with van der Waals surface area (Å²) in [6, 6.07) is 5.77. The Bertz CT molecular complexity index is 344. The van der Waals surface area contributed by atoms with Gasteiger partial charge in [-0.15, -0.1) is 0 Å². The predicted molar refractivity (Wildman–Crippen MR) is 64.6 cm³/mol. The van der Waals surface area contributed by atoms with Crippen LogP contribution in [0.3, 0.4) is 0 Å². The van der Waals surface area contributed by atoms with E-state index < -0.39 is 0 Å². The van der Waals surface area contributed by atoms with E-state index in [1.807, 2.05) is 13.0 Å². The maximum Gasteiger partial charge on any atom is 0.252 e. The molecule has 0 aliphatic rings. The van der Waals surface area contributed by atoms with Crippen molar-refractivity contribution in [2.24, 2.45) is 0 Å². The molecule has 1 aromatic carbocycles. The quantitative estimate of drug-likeness (QED) is 0.544. The maximum atomic E-state index is 11.1. The van der Waals surface area contributed by atoms with E-state index in [4.69, 9.17) is 11.6 Å². The van der Waals surface area contributed by atoms with E-state index in [2.05, 4.69) is 13.0 Å². The molecular weight excluding hydrogens is 208 g/mol. The Hall–Kier alpha value is -0.820. The molecule has 0 spiro atoms. The van der Waals surface area contributed by atoms with Crippen LogP contribution in [0.4, 0.5) is 0 Å². The summed E-state index contributed by atoms with van der Waals surface area (Å²) < 4.78 is 0. The molecule has 0 unspecified atom stereocenters. The number of hydrogen-bond donors (Lipinski definition) is 0. The van der Waals surface area contributed by atoms with Crippen molar-refractivity contribution in [1.82, 2.24) is 0 Å². The standard InChI is InChI=1S/C13H17ClO/c1-3-4-5-7-11-8-6-9-12(10(11)2)13(14)15/h6,8-9H,3-5,7H2,1-2H3. The van der Waals surface area contributed by atoms with Gasteiger partial charge in [0, 0.05) is 5.56 Å². The van der Waals surface area contributed by atoms with Crippen LogP contribution in [-0.2, 0) is 6.42 Å². The highest BCUT2D eigenvalue weighted by Crippen LogP contribution is 2.18. The minimum Gasteiger partial charge on any atom is -0.276 e. The predicted octanol–water partition coefficient (Wildman–Crippen LogP) is 4.11. The minimum atomic E-state index is -0.357. The molecule has 0 aliphatic carbocycles. The molecule has 0 fully saturated rings. The Balaban J connectivity index is 2.80. The van der Waals surface area contributed by atoms with Crippen LogP contribution in [0.25, 0.3) is 0 Å². The third-order valence-electron chi connectivity index (χ3n) is 2.71.